The molecule has 0 aromatic carbocycles. The van der Waals surface area contributed by atoms with Crippen molar-refractivity contribution in [3.05, 3.63) is 25.3 Å². The van der Waals surface area contributed by atoms with Gasteiger partial charge in [-0.05, 0) is 0 Å². The topological polar surface area (TPSA) is 93.1 Å². The lowest BCUT2D eigenvalue weighted by Gasteiger charge is -2.09. The van der Waals surface area contributed by atoms with E-state index in [0.717, 1.165) is 6.08 Å². The van der Waals surface area contributed by atoms with E-state index < -0.39 is 24.3 Å². The normalized spacial score (nSPS) is 23.2. The highest BCUT2D eigenvalue weighted by Crippen LogP contribution is 2.18. The van der Waals surface area contributed by atoms with E-state index in [9.17, 15) is 9.59 Å². The Morgan fingerprint density at radius 2 is 1.94 bits per heavy atom. The second kappa shape index (κ2) is 7.47. The van der Waals surface area contributed by atoms with Gasteiger partial charge in [-0.2, -0.15) is 0 Å². The van der Waals surface area contributed by atoms with Crippen molar-refractivity contribution in [2.75, 3.05) is 6.61 Å². The highest BCUT2D eigenvalue weighted by Gasteiger charge is 2.34. The van der Waals surface area contributed by atoms with Crippen LogP contribution >= 0.6 is 0 Å². The average molecular weight is 230 g/mol. The van der Waals surface area contributed by atoms with Gasteiger partial charge in [-0.1, -0.05) is 6.08 Å². The zero-order valence-corrected chi connectivity index (χ0v) is 8.67. The Balaban J connectivity index is 0.00000106. The number of carboxylic acids is 1. The zero-order valence-electron chi connectivity index (χ0n) is 8.67. The molecule has 0 amide bonds. The quantitative estimate of drug-likeness (QED) is 0.420. The molecule has 0 unspecified atom stereocenters. The summed E-state index contributed by atoms with van der Waals surface area (Å²) in [5.41, 5.74) is 0. The Kier molecular flexibility index (Phi) is 6.62. The van der Waals surface area contributed by atoms with Crippen molar-refractivity contribution in [1.82, 2.24) is 0 Å². The summed E-state index contributed by atoms with van der Waals surface area (Å²) in [7, 11) is 0. The molecule has 16 heavy (non-hydrogen) atoms. The molecule has 6 heteroatoms. The van der Waals surface area contributed by atoms with Gasteiger partial charge in [0.25, 0.3) is 0 Å². The van der Waals surface area contributed by atoms with Crippen LogP contribution in [-0.2, 0) is 14.3 Å². The molecule has 1 heterocycles. The monoisotopic (exact) mass is 230 g/mol. The Labute approximate surface area is 92.8 Å². The maximum Gasteiger partial charge on any atom is 0.509 e. The van der Waals surface area contributed by atoms with E-state index in [1.54, 1.807) is 0 Å². The van der Waals surface area contributed by atoms with E-state index >= 15 is 0 Å². The molecule has 1 rings (SSSR count). The van der Waals surface area contributed by atoms with Gasteiger partial charge >= 0.3 is 12.1 Å². The van der Waals surface area contributed by atoms with Gasteiger partial charge in [0.05, 0.1) is 6.61 Å². The fourth-order valence-corrected chi connectivity index (χ4v) is 1.08. The van der Waals surface area contributed by atoms with E-state index in [4.69, 9.17) is 10.2 Å². The molecule has 0 aromatic rings. The Morgan fingerprint density at radius 1 is 1.38 bits per heavy atom. The van der Waals surface area contributed by atoms with Gasteiger partial charge in [0.1, 0.15) is 6.10 Å². The third kappa shape index (κ3) is 4.61. The van der Waals surface area contributed by atoms with Gasteiger partial charge in [-0.3, -0.25) is 0 Å². The van der Waals surface area contributed by atoms with Crippen LogP contribution in [0.2, 0.25) is 0 Å². The maximum atomic E-state index is 10.6. The van der Waals surface area contributed by atoms with Crippen LogP contribution in [0, 0.1) is 0 Å². The summed E-state index contributed by atoms with van der Waals surface area (Å²) in [5, 5.41) is 17.1. The van der Waals surface area contributed by atoms with Crippen molar-refractivity contribution in [3.8, 4) is 0 Å². The zero-order chi connectivity index (χ0) is 12.6. The van der Waals surface area contributed by atoms with E-state index in [0.29, 0.717) is 0 Å². The van der Waals surface area contributed by atoms with Crippen LogP contribution in [0.4, 0.5) is 4.79 Å². The number of hydrogen-bond donors (Lipinski definition) is 2. The number of ether oxygens (including phenoxy) is 2. The van der Waals surface area contributed by atoms with Crippen molar-refractivity contribution in [2.24, 2.45) is 0 Å². The van der Waals surface area contributed by atoms with Crippen molar-refractivity contribution < 1.29 is 29.3 Å². The summed E-state index contributed by atoms with van der Waals surface area (Å²) < 4.78 is 9.27. The molecule has 0 saturated carbocycles. The first-order chi connectivity index (χ1) is 7.63. The van der Waals surface area contributed by atoms with Crippen LogP contribution < -0.4 is 0 Å². The molecule has 90 valence electrons. The number of cyclic esters (lactones) is 2. The number of aliphatic hydroxyl groups is 1. The molecule has 6 nitrogen and oxygen atoms in total. The molecular weight excluding hydrogens is 216 g/mol. The first-order valence-electron chi connectivity index (χ1n) is 4.51. The maximum absolute atomic E-state index is 10.6. The van der Waals surface area contributed by atoms with E-state index in [2.05, 4.69) is 22.6 Å². The second-order valence-electron chi connectivity index (χ2n) is 2.72. The van der Waals surface area contributed by atoms with Gasteiger partial charge < -0.3 is 19.7 Å². The minimum absolute atomic E-state index is 0.212. The van der Waals surface area contributed by atoms with E-state index in [-0.39, 0.29) is 13.0 Å². The molecule has 1 aliphatic rings. The molecule has 0 aliphatic carbocycles. The largest absolute Gasteiger partial charge is 0.509 e. The highest BCUT2D eigenvalue weighted by molar-refractivity contribution is 5.79. The fraction of sp³-hybridized carbons (Fsp3) is 0.400. The molecular formula is C10H14O6. The van der Waals surface area contributed by atoms with Crippen molar-refractivity contribution >= 4 is 12.1 Å². The first kappa shape index (κ1) is 14.2. The molecule has 2 N–H and O–H groups in total. The number of aliphatic hydroxyl groups excluding tert-OH is 1. The summed E-state index contributed by atoms with van der Waals surface area (Å²) in [4.78, 5) is 20.7. The Morgan fingerprint density at radius 3 is 2.44 bits per heavy atom. The van der Waals surface area contributed by atoms with Crippen LogP contribution in [0.15, 0.2) is 25.3 Å². The third-order valence-electron chi connectivity index (χ3n) is 1.72. The molecule has 2 atom stereocenters. The number of rotatable bonds is 4. The molecule has 1 fully saturated rings. The smallest absolute Gasteiger partial charge is 0.478 e. The summed E-state index contributed by atoms with van der Waals surface area (Å²) >= 11 is 0. The number of carboxylic acid groups (broad SMARTS) is 1. The SMILES string of the molecule is C=C.O=C(O)/C=C/C[C@@H]1OC(=O)O[C@@H]1CO. The lowest BCUT2D eigenvalue weighted by Crippen LogP contribution is -2.25. The van der Waals surface area contributed by atoms with Gasteiger partial charge in [0, 0.05) is 12.5 Å². The van der Waals surface area contributed by atoms with Crippen LogP contribution in [-0.4, -0.2) is 41.2 Å². The number of aliphatic carboxylic acids is 1. The number of carbonyl (C=O) groups is 2. The molecule has 1 saturated heterocycles. The highest BCUT2D eigenvalue weighted by atomic mass is 16.8. The summed E-state index contributed by atoms with van der Waals surface area (Å²) in [6, 6.07) is 0. The minimum atomic E-state index is -1.07. The van der Waals surface area contributed by atoms with E-state index in [1.165, 1.54) is 6.08 Å². The lowest BCUT2D eigenvalue weighted by atomic mass is 10.1. The standard InChI is InChI=1S/C8H10O6.C2H4/c9-4-6-5(13-8(12)14-6)2-1-3-7(10)11;1-2/h1,3,5-6,9H,2,4H2,(H,10,11);1-2H2/b3-1+;/t5-,6+;/m0./s1. The molecule has 1 aliphatic heterocycles. The molecule has 0 bridgehead atoms. The second-order valence-corrected chi connectivity index (χ2v) is 2.72. The van der Waals surface area contributed by atoms with Crippen LogP contribution in [0.1, 0.15) is 6.42 Å². The number of carbonyl (C=O) groups excluding carboxylic acids is 1. The van der Waals surface area contributed by atoms with Crippen molar-refractivity contribution in [3.63, 3.8) is 0 Å². The van der Waals surface area contributed by atoms with Crippen molar-refractivity contribution in [2.45, 2.75) is 18.6 Å². The minimum Gasteiger partial charge on any atom is -0.478 e. The fourth-order valence-electron chi connectivity index (χ4n) is 1.08. The first-order valence-corrected chi connectivity index (χ1v) is 4.51. The van der Waals surface area contributed by atoms with E-state index in [1.807, 2.05) is 0 Å². The summed E-state index contributed by atoms with van der Waals surface area (Å²) in [5.74, 6) is -1.07. The predicted molar refractivity (Wildman–Crippen MR) is 54.9 cm³/mol. The Bertz CT molecular complexity index is 272. The summed E-state index contributed by atoms with van der Waals surface area (Å²) in [6.45, 7) is 5.66. The van der Waals surface area contributed by atoms with Gasteiger partial charge in [0.2, 0.25) is 0 Å². The lowest BCUT2D eigenvalue weighted by molar-refractivity contribution is -0.131. The van der Waals surface area contributed by atoms with Crippen molar-refractivity contribution in [1.29, 1.82) is 0 Å². The molecule has 0 aromatic heterocycles. The predicted octanol–water partition coefficient (Wildman–Crippen LogP) is 0.716. The number of hydrogen-bond acceptors (Lipinski definition) is 5. The third-order valence-corrected chi connectivity index (χ3v) is 1.72. The van der Waals surface area contributed by atoms with Gasteiger partial charge in [-0.15, -0.1) is 13.2 Å². The van der Waals surface area contributed by atoms with Gasteiger partial charge in [-0.25, -0.2) is 9.59 Å². The molecule has 0 radical (unpaired) electrons. The Hall–Kier alpha value is -1.82. The van der Waals surface area contributed by atoms with Crippen LogP contribution in [0.25, 0.3) is 0 Å². The van der Waals surface area contributed by atoms with Crippen LogP contribution in [0.5, 0.6) is 0 Å². The van der Waals surface area contributed by atoms with Gasteiger partial charge in [0.15, 0.2) is 6.10 Å². The molecule has 0 spiro atoms. The summed E-state index contributed by atoms with van der Waals surface area (Å²) in [6.07, 6.45) is 0.350. The van der Waals surface area contributed by atoms with Crippen LogP contribution in [0.3, 0.4) is 0 Å². The average Bonchev–Trinajstić information content (AvgIpc) is 2.61.